The Morgan fingerprint density at radius 1 is 0.756 bits per heavy atom. The molecule has 4 aromatic carbocycles. The van der Waals surface area contributed by atoms with Crippen LogP contribution in [0, 0.1) is 0 Å². The molecule has 1 heterocycles. The Hall–Kier alpha value is -4.50. The van der Waals surface area contributed by atoms with Crippen molar-refractivity contribution in [3.63, 3.8) is 0 Å². The van der Waals surface area contributed by atoms with Crippen molar-refractivity contribution in [3.8, 4) is 5.75 Å². The van der Waals surface area contributed by atoms with Gasteiger partial charge in [-0.2, -0.15) is 0 Å². The van der Waals surface area contributed by atoms with E-state index in [9.17, 15) is 9.59 Å². The second kappa shape index (κ2) is 13.2. The summed E-state index contributed by atoms with van der Waals surface area (Å²) < 4.78 is 6.49. The molecule has 0 aromatic heterocycles. The summed E-state index contributed by atoms with van der Waals surface area (Å²) in [5.41, 5.74) is 4.60. The first-order valence-electron chi connectivity index (χ1n) is 13.4. The van der Waals surface area contributed by atoms with E-state index in [1.807, 2.05) is 72.8 Å². The second-order valence-electron chi connectivity index (χ2n) is 9.63. The molecule has 5 rings (SSSR count). The van der Waals surface area contributed by atoms with Crippen LogP contribution < -0.4 is 30.5 Å². The van der Waals surface area contributed by atoms with Crippen molar-refractivity contribution in [3.05, 3.63) is 113 Å². The molecule has 8 nitrogen and oxygen atoms in total. The maximum atomic E-state index is 13.5. The third-order valence-electron chi connectivity index (χ3n) is 6.94. The standard InChI is InChI=1S/C32H32BrN5O3/c1-41-30-10-6-5-9-29(30)38-19-17-37(18-20-38)28-16-15-26(36-32(40)35-25-13-11-24(33)12-14-25)21-27(28)31(39)34-22-23-7-3-2-4-8-23/h2-16,21H,17-20,22H2,1H3,(H,34,39)(H2,35,36,40). The van der Waals surface area contributed by atoms with Crippen LogP contribution in [0.1, 0.15) is 15.9 Å². The summed E-state index contributed by atoms with van der Waals surface area (Å²) in [6.07, 6.45) is 0. The van der Waals surface area contributed by atoms with Crippen LogP contribution in [0.2, 0.25) is 0 Å². The van der Waals surface area contributed by atoms with E-state index in [0.717, 1.165) is 53.3 Å². The number of ether oxygens (including phenoxy) is 1. The Morgan fingerprint density at radius 3 is 2.07 bits per heavy atom. The zero-order valence-electron chi connectivity index (χ0n) is 22.8. The lowest BCUT2D eigenvalue weighted by Gasteiger charge is -2.38. The quantitative estimate of drug-likeness (QED) is 0.215. The third kappa shape index (κ3) is 7.18. The zero-order valence-corrected chi connectivity index (χ0v) is 24.4. The average molecular weight is 615 g/mol. The fraction of sp³-hybridized carbons (Fsp3) is 0.188. The highest BCUT2D eigenvalue weighted by Crippen LogP contribution is 2.31. The maximum Gasteiger partial charge on any atom is 0.323 e. The molecule has 0 atom stereocenters. The maximum absolute atomic E-state index is 13.5. The fourth-order valence-electron chi connectivity index (χ4n) is 4.85. The number of benzene rings is 4. The van der Waals surface area contributed by atoms with E-state index in [-0.39, 0.29) is 11.9 Å². The van der Waals surface area contributed by atoms with Crippen LogP contribution in [-0.4, -0.2) is 45.2 Å². The number of carbonyl (C=O) groups excluding carboxylic acids is 2. The molecule has 3 N–H and O–H groups in total. The van der Waals surface area contributed by atoms with Crippen LogP contribution in [0.4, 0.5) is 27.5 Å². The second-order valence-corrected chi connectivity index (χ2v) is 10.5. The van der Waals surface area contributed by atoms with E-state index in [1.54, 1.807) is 25.3 Å². The van der Waals surface area contributed by atoms with Crippen LogP contribution in [0.3, 0.4) is 0 Å². The predicted molar refractivity (Wildman–Crippen MR) is 168 cm³/mol. The molecule has 3 amide bonds. The van der Waals surface area contributed by atoms with E-state index < -0.39 is 0 Å². The van der Waals surface area contributed by atoms with Gasteiger partial charge in [0.25, 0.3) is 5.91 Å². The molecule has 0 unspecified atom stereocenters. The minimum absolute atomic E-state index is 0.201. The van der Waals surface area contributed by atoms with Crippen LogP contribution >= 0.6 is 15.9 Å². The van der Waals surface area contributed by atoms with Gasteiger partial charge in [-0.15, -0.1) is 0 Å². The molecule has 1 saturated heterocycles. The number of rotatable bonds is 8. The zero-order chi connectivity index (χ0) is 28.6. The van der Waals surface area contributed by atoms with E-state index in [0.29, 0.717) is 23.5 Å². The number of para-hydroxylation sites is 2. The minimum Gasteiger partial charge on any atom is -0.495 e. The number of methoxy groups -OCH3 is 1. The first-order chi connectivity index (χ1) is 20.0. The number of piperazine rings is 1. The minimum atomic E-state index is -0.388. The molecule has 0 aliphatic carbocycles. The van der Waals surface area contributed by atoms with Gasteiger partial charge in [0.2, 0.25) is 0 Å². The Labute approximate surface area is 248 Å². The molecule has 9 heteroatoms. The van der Waals surface area contributed by atoms with Crippen molar-refractivity contribution in [1.29, 1.82) is 0 Å². The highest BCUT2D eigenvalue weighted by molar-refractivity contribution is 9.10. The van der Waals surface area contributed by atoms with E-state index in [2.05, 4.69) is 47.7 Å². The topological polar surface area (TPSA) is 85.9 Å². The summed E-state index contributed by atoms with van der Waals surface area (Å²) >= 11 is 3.40. The third-order valence-corrected chi connectivity index (χ3v) is 7.47. The smallest absolute Gasteiger partial charge is 0.323 e. The van der Waals surface area contributed by atoms with Gasteiger partial charge in [0.15, 0.2) is 0 Å². The van der Waals surface area contributed by atoms with Crippen molar-refractivity contribution in [1.82, 2.24) is 5.32 Å². The lowest BCUT2D eigenvalue weighted by molar-refractivity contribution is 0.0951. The molecule has 0 spiro atoms. The van der Waals surface area contributed by atoms with Crippen molar-refractivity contribution in [2.24, 2.45) is 0 Å². The normalized spacial score (nSPS) is 12.9. The van der Waals surface area contributed by atoms with E-state index in [1.165, 1.54) is 0 Å². The van der Waals surface area contributed by atoms with Crippen molar-refractivity contribution in [2.75, 3.05) is 53.7 Å². The molecule has 4 aromatic rings. The summed E-state index contributed by atoms with van der Waals surface area (Å²) in [6, 6.07) is 30.2. The van der Waals surface area contributed by atoms with Crippen molar-refractivity contribution >= 4 is 50.6 Å². The largest absolute Gasteiger partial charge is 0.495 e. The number of hydrogen-bond donors (Lipinski definition) is 3. The Bertz CT molecular complexity index is 1490. The number of amides is 3. The summed E-state index contributed by atoms with van der Waals surface area (Å²) in [6.45, 7) is 3.42. The molecule has 210 valence electrons. The Morgan fingerprint density at radius 2 is 1.37 bits per heavy atom. The van der Waals surface area contributed by atoms with Gasteiger partial charge in [-0.05, 0) is 60.2 Å². The first-order valence-corrected chi connectivity index (χ1v) is 14.2. The molecule has 1 fully saturated rings. The number of nitrogens with one attached hydrogen (secondary N) is 3. The van der Waals surface area contributed by atoms with Gasteiger partial charge in [0.1, 0.15) is 5.75 Å². The highest BCUT2D eigenvalue weighted by atomic mass is 79.9. The van der Waals surface area contributed by atoms with Crippen molar-refractivity contribution in [2.45, 2.75) is 6.54 Å². The fourth-order valence-corrected chi connectivity index (χ4v) is 5.12. The van der Waals surface area contributed by atoms with Gasteiger partial charge < -0.3 is 30.5 Å². The molecular weight excluding hydrogens is 582 g/mol. The first kappa shape index (κ1) is 28.0. The van der Waals surface area contributed by atoms with E-state index in [4.69, 9.17) is 4.74 Å². The van der Waals surface area contributed by atoms with Crippen LogP contribution in [0.5, 0.6) is 5.75 Å². The van der Waals surface area contributed by atoms with Gasteiger partial charge in [0, 0.05) is 54.3 Å². The monoisotopic (exact) mass is 613 g/mol. The highest BCUT2D eigenvalue weighted by Gasteiger charge is 2.24. The van der Waals surface area contributed by atoms with Gasteiger partial charge >= 0.3 is 6.03 Å². The summed E-state index contributed by atoms with van der Waals surface area (Å²) in [5, 5.41) is 8.73. The molecule has 0 bridgehead atoms. The summed E-state index contributed by atoms with van der Waals surface area (Å²) in [7, 11) is 1.68. The number of urea groups is 1. The molecule has 1 aliphatic rings. The average Bonchev–Trinajstić information content (AvgIpc) is 3.01. The van der Waals surface area contributed by atoms with Crippen LogP contribution in [-0.2, 0) is 6.54 Å². The van der Waals surface area contributed by atoms with Gasteiger partial charge in [-0.1, -0.05) is 58.4 Å². The van der Waals surface area contributed by atoms with Crippen molar-refractivity contribution < 1.29 is 14.3 Å². The number of nitrogens with zero attached hydrogens (tertiary/aromatic N) is 2. The van der Waals surface area contributed by atoms with Gasteiger partial charge in [-0.25, -0.2) is 4.79 Å². The lowest BCUT2D eigenvalue weighted by atomic mass is 10.1. The number of anilines is 4. The Kier molecular flexibility index (Phi) is 9.05. The van der Waals surface area contributed by atoms with Crippen LogP contribution in [0.25, 0.3) is 0 Å². The van der Waals surface area contributed by atoms with Gasteiger partial charge in [-0.3, -0.25) is 4.79 Å². The Balaban J connectivity index is 1.33. The molecular formula is C32H32BrN5O3. The molecule has 41 heavy (non-hydrogen) atoms. The molecule has 0 radical (unpaired) electrons. The molecule has 0 saturated carbocycles. The van der Waals surface area contributed by atoms with E-state index >= 15 is 0 Å². The molecule has 1 aliphatic heterocycles. The van der Waals surface area contributed by atoms with Crippen LogP contribution in [0.15, 0.2) is 102 Å². The predicted octanol–water partition coefficient (Wildman–Crippen LogP) is 6.36. The number of halogens is 1. The number of hydrogen-bond acceptors (Lipinski definition) is 5. The number of carbonyl (C=O) groups is 2. The summed E-state index contributed by atoms with van der Waals surface area (Å²) in [5.74, 6) is 0.645. The lowest BCUT2D eigenvalue weighted by Crippen LogP contribution is -2.47. The summed E-state index contributed by atoms with van der Waals surface area (Å²) in [4.78, 5) is 30.7. The van der Waals surface area contributed by atoms with Gasteiger partial charge in [0.05, 0.1) is 18.4 Å². The SMILES string of the molecule is COc1ccccc1N1CCN(c2ccc(NC(=O)Nc3ccc(Br)cc3)cc2C(=O)NCc2ccccc2)CC1.